The standard InChI is InChI=1S/C13H15F2N5O/c1-4-20-13(17-18-19-20)16-12(21)10-6-5-9(11(14)15)7(2)8(10)3/h5-6,11H,4H2,1-3H3,(H,16,17,19,21). The second kappa shape index (κ2) is 5.94. The van der Waals surface area contributed by atoms with E-state index in [4.69, 9.17) is 0 Å². The highest BCUT2D eigenvalue weighted by molar-refractivity contribution is 6.04. The maximum absolute atomic E-state index is 12.8. The van der Waals surface area contributed by atoms with Gasteiger partial charge in [0.2, 0.25) is 5.95 Å². The topological polar surface area (TPSA) is 72.7 Å². The van der Waals surface area contributed by atoms with Gasteiger partial charge in [-0.3, -0.25) is 10.1 Å². The lowest BCUT2D eigenvalue weighted by Crippen LogP contribution is -2.18. The maximum atomic E-state index is 12.8. The summed E-state index contributed by atoms with van der Waals surface area (Å²) < 4.78 is 27.1. The molecule has 0 fully saturated rings. The van der Waals surface area contributed by atoms with Crippen molar-refractivity contribution >= 4 is 11.9 Å². The first-order chi connectivity index (χ1) is 9.95. The largest absolute Gasteiger partial charge is 0.289 e. The Balaban J connectivity index is 2.30. The van der Waals surface area contributed by atoms with Crippen LogP contribution in [0.5, 0.6) is 0 Å². The summed E-state index contributed by atoms with van der Waals surface area (Å²) in [6.45, 7) is 5.55. The van der Waals surface area contributed by atoms with Crippen molar-refractivity contribution in [2.75, 3.05) is 5.32 Å². The van der Waals surface area contributed by atoms with Crippen LogP contribution in [0.3, 0.4) is 0 Å². The number of nitrogens with zero attached hydrogens (tertiary/aromatic N) is 4. The second-order valence-corrected chi connectivity index (χ2v) is 4.53. The highest BCUT2D eigenvalue weighted by Gasteiger charge is 2.18. The number of rotatable bonds is 4. The molecule has 1 amide bonds. The lowest BCUT2D eigenvalue weighted by atomic mass is 9.98. The Morgan fingerprint density at radius 1 is 1.33 bits per heavy atom. The molecule has 0 radical (unpaired) electrons. The number of tetrazole rings is 1. The minimum absolute atomic E-state index is 0.0672. The van der Waals surface area contributed by atoms with Crippen molar-refractivity contribution in [3.8, 4) is 0 Å². The number of nitrogens with one attached hydrogen (secondary N) is 1. The number of anilines is 1. The van der Waals surface area contributed by atoms with Gasteiger partial charge in [0.15, 0.2) is 0 Å². The van der Waals surface area contributed by atoms with Gasteiger partial charge in [-0.05, 0) is 48.4 Å². The summed E-state index contributed by atoms with van der Waals surface area (Å²) in [5.41, 5.74) is 1.18. The van der Waals surface area contributed by atoms with E-state index < -0.39 is 12.3 Å². The lowest BCUT2D eigenvalue weighted by Gasteiger charge is -2.12. The SMILES string of the molecule is CCn1nnnc1NC(=O)c1ccc(C(F)F)c(C)c1C. The zero-order chi connectivity index (χ0) is 15.6. The van der Waals surface area contributed by atoms with E-state index in [1.54, 1.807) is 13.8 Å². The molecule has 0 saturated heterocycles. The number of halogens is 2. The van der Waals surface area contributed by atoms with Crippen LogP contribution in [0, 0.1) is 13.8 Å². The Morgan fingerprint density at radius 3 is 2.67 bits per heavy atom. The number of carbonyl (C=O) groups excluding carboxylic acids is 1. The van der Waals surface area contributed by atoms with Crippen molar-refractivity contribution in [1.29, 1.82) is 0 Å². The van der Waals surface area contributed by atoms with E-state index in [0.29, 0.717) is 23.2 Å². The highest BCUT2D eigenvalue weighted by atomic mass is 19.3. The zero-order valence-corrected chi connectivity index (χ0v) is 11.9. The number of carbonyl (C=O) groups is 1. The third kappa shape index (κ3) is 2.88. The molecular weight excluding hydrogens is 280 g/mol. The van der Waals surface area contributed by atoms with Gasteiger partial charge >= 0.3 is 0 Å². The summed E-state index contributed by atoms with van der Waals surface area (Å²) in [6.07, 6.45) is -2.56. The average molecular weight is 295 g/mol. The first-order valence-electron chi connectivity index (χ1n) is 6.41. The molecule has 1 N–H and O–H groups in total. The third-order valence-corrected chi connectivity index (χ3v) is 3.37. The summed E-state index contributed by atoms with van der Waals surface area (Å²) in [4.78, 5) is 12.2. The molecule has 0 atom stereocenters. The second-order valence-electron chi connectivity index (χ2n) is 4.53. The Hall–Kier alpha value is -2.38. The Labute approximate surface area is 120 Å². The molecule has 0 bridgehead atoms. The number of benzene rings is 1. The smallest absolute Gasteiger partial charge is 0.264 e. The van der Waals surface area contributed by atoms with Crippen molar-refractivity contribution in [3.05, 3.63) is 34.4 Å². The Morgan fingerprint density at radius 2 is 2.05 bits per heavy atom. The van der Waals surface area contributed by atoms with Gasteiger partial charge in [-0.2, -0.15) is 0 Å². The molecule has 112 valence electrons. The van der Waals surface area contributed by atoms with Crippen molar-refractivity contribution in [2.24, 2.45) is 0 Å². The van der Waals surface area contributed by atoms with Gasteiger partial charge in [0.05, 0.1) is 0 Å². The van der Waals surface area contributed by atoms with Crippen LogP contribution in [0.4, 0.5) is 14.7 Å². The molecule has 0 aliphatic carbocycles. The summed E-state index contributed by atoms with van der Waals surface area (Å²) in [5, 5.41) is 13.4. The van der Waals surface area contributed by atoms with E-state index >= 15 is 0 Å². The normalized spacial score (nSPS) is 11.0. The fraction of sp³-hybridized carbons (Fsp3) is 0.385. The van der Waals surface area contributed by atoms with Crippen molar-refractivity contribution in [3.63, 3.8) is 0 Å². The summed E-state index contributed by atoms with van der Waals surface area (Å²) >= 11 is 0. The molecular formula is C13H15F2N5O. The predicted molar refractivity (Wildman–Crippen MR) is 72.3 cm³/mol. The van der Waals surface area contributed by atoms with Crippen molar-refractivity contribution < 1.29 is 13.6 Å². The molecule has 2 rings (SSSR count). The van der Waals surface area contributed by atoms with Crippen molar-refractivity contribution in [2.45, 2.75) is 33.7 Å². The molecule has 1 aromatic carbocycles. The number of amides is 1. The lowest BCUT2D eigenvalue weighted by molar-refractivity contribution is 0.102. The van der Waals surface area contributed by atoms with E-state index in [1.807, 2.05) is 6.92 Å². The maximum Gasteiger partial charge on any atom is 0.264 e. The molecule has 2 aromatic rings. The van der Waals surface area contributed by atoms with Crippen molar-refractivity contribution in [1.82, 2.24) is 20.2 Å². The van der Waals surface area contributed by atoms with Crippen LogP contribution < -0.4 is 5.32 Å². The molecule has 0 spiro atoms. The van der Waals surface area contributed by atoms with Gasteiger partial charge < -0.3 is 0 Å². The van der Waals surface area contributed by atoms with Gasteiger partial charge in [-0.25, -0.2) is 13.5 Å². The zero-order valence-electron chi connectivity index (χ0n) is 11.9. The number of aryl methyl sites for hydroxylation is 1. The summed E-state index contributed by atoms with van der Waals surface area (Å²) in [7, 11) is 0. The van der Waals surface area contributed by atoms with Crippen LogP contribution in [0.2, 0.25) is 0 Å². The van der Waals surface area contributed by atoms with Gasteiger partial charge in [0.1, 0.15) is 0 Å². The van der Waals surface area contributed by atoms with E-state index in [2.05, 4.69) is 20.8 Å². The van der Waals surface area contributed by atoms with Crippen LogP contribution in [0.15, 0.2) is 12.1 Å². The number of hydrogen-bond donors (Lipinski definition) is 1. The minimum Gasteiger partial charge on any atom is -0.289 e. The fourth-order valence-corrected chi connectivity index (χ4v) is 2.00. The number of alkyl halides is 2. The van der Waals surface area contributed by atoms with Gasteiger partial charge in [0.25, 0.3) is 12.3 Å². The fourth-order valence-electron chi connectivity index (χ4n) is 2.00. The summed E-state index contributed by atoms with van der Waals surface area (Å²) in [6, 6.07) is 2.66. The van der Waals surface area contributed by atoms with Gasteiger partial charge in [-0.15, -0.1) is 0 Å². The molecule has 21 heavy (non-hydrogen) atoms. The molecule has 1 heterocycles. The van der Waals surface area contributed by atoms with Crippen LogP contribution >= 0.6 is 0 Å². The number of hydrogen-bond acceptors (Lipinski definition) is 4. The van der Waals surface area contributed by atoms with E-state index in [-0.39, 0.29) is 11.5 Å². The predicted octanol–water partition coefficient (Wildman–Crippen LogP) is 2.50. The highest BCUT2D eigenvalue weighted by Crippen LogP contribution is 2.26. The van der Waals surface area contributed by atoms with Crippen LogP contribution in [0.1, 0.15) is 40.4 Å². The quantitative estimate of drug-likeness (QED) is 0.940. The third-order valence-electron chi connectivity index (χ3n) is 3.37. The average Bonchev–Trinajstić information content (AvgIpc) is 2.88. The van der Waals surface area contributed by atoms with E-state index in [0.717, 1.165) is 0 Å². The van der Waals surface area contributed by atoms with E-state index in [1.165, 1.54) is 16.8 Å². The minimum atomic E-state index is -2.56. The molecule has 0 saturated carbocycles. The number of aromatic nitrogens is 4. The molecule has 6 nitrogen and oxygen atoms in total. The summed E-state index contributed by atoms with van der Waals surface area (Å²) in [5.74, 6) is -0.210. The molecule has 8 heteroatoms. The molecule has 0 aliphatic rings. The van der Waals surface area contributed by atoms with Crippen LogP contribution in [0.25, 0.3) is 0 Å². The first-order valence-corrected chi connectivity index (χ1v) is 6.41. The first kappa shape index (κ1) is 15.0. The molecule has 0 unspecified atom stereocenters. The van der Waals surface area contributed by atoms with E-state index in [9.17, 15) is 13.6 Å². The molecule has 0 aliphatic heterocycles. The van der Waals surface area contributed by atoms with Crippen LogP contribution in [-0.2, 0) is 6.54 Å². The monoisotopic (exact) mass is 295 g/mol. The van der Waals surface area contributed by atoms with Gasteiger partial charge in [0, 0.05) is 17.7 Å². The van der Waals surface area contributed by atoms with Crippen LogP contribution in [-0.4, -0.2) is 26.1 Å². The Bertz CT molecular complexity index is 669. The van der Waals surface area contributed by atoms with Gasteiger partial charge in [-0.1, -0.05) is 11.2 Å². The Kier molecular flexibility index (Phi) is 4.25. The molecule has 1 aromatic heterocycles.